The Kier molecular flexibility index (Phi) is 3.91. The number of fused-ring (bicyclic) bond motifs is 1. The van der Waals surface area contributed by atoms with Gasteiger partial charge in [-0.25, -0.2) is 0 Å². The Hall–Kier alpha value is -1.90. The number of hydrogen-bond acceptors (Lipinski definition) is 2. The number of amides is 1. The fraction of sp³-hybridized carbons (Fsp3) is 0.444. The second kappa shape index (κ2) is 5.84. The largest absolute Gasteiger partial charge is 0.326 e. The predicted molar refractivity (Wildman–Crippen MR) is 83.2 cm³/mol. The minimum absolute atomic E-state index is 0.0158. The average Bonchev–Trinajstić information content (AvgIpc) is 3.10. The number of benzene rings is 1. The molecule has 1 aromatic carbocycles. The fourth-order valence-electron chi connectivity index (χ4n) is 3.34. The number of anilines is 1. The summed E-state index contributed by atoms with van der Waals surface area (Å²) in [7, 11) is 0. The number of hydrogen-bond donors (Lipinski definition) is 1. The van der Waals surface area contributed by atoms with Crippen molar-refractivity contribution < 1.29 is 9.59 Å². The summed E-state index contributed by atoms with van der Waals surface area (Å²) in [6.07, 6.45) is 9.18. The summed E-state index contributed by atoms with van der Waals surface area (Å²) < 4.78 is 0. The quantitative estimate of drug-likeness (QED) is 0.677. The molecule has 0 unspecified atom stereocenters. The summed E-state index contributed by atoms with van der Waals surface area (Å²) in [5.41, 5.74) is 1.35. The maximum Gasteiger partial charge on any atom is 0.228 e. The molecule has 3 atom stereocenters. The minimum Gasteiger partial charge on any atom is -0.326 e. The van der Waals surface area contributed by atoms with Crippen molar-refractivity contribution >= 4 is 17.4 Å². The highest BCUT2D eigenvalue weighted by molar-refractivity contribution is 5.98. The molecule has 0 spiro atoms. The van der Waals surface area contributed by atoms with Crippen LogP contribution in [0.1, 0.15) is 43.0 Å². The van der Waals surface area contributed by atoms with E-state index in [1.165, 1.54) is 19.8 Å². The molecule has 110 valence electrons. The number of carbonyl (C=O) groups excluding carboxylic acids is 2. The first-order valence-corrected chi connectivity index (χ1v) is 7.75. The monoisotopic (exact) mass is 283 g/mol. The molecule has 3 heteroatoms. The normalized spacial score (nSPS) is 27.2. The number of nitrogens with one attached hydrogen (secondary N) is 1. The molecule has 1 saturated carbocycles. The third-order valence-corrected chi connectivity index (χ3v) is 4.59. The molecule has 1 amide bonds. The lowest BCUT2D eigenvalue weighted by Crippen LogP contribution is -2.15. The van der Waals surface area contributed by atoms with Gasteiger partial charge in [0.05, 0.1) is 0 Å². The van der Waals surface area contributed by atoms with Crippen LogP contribution in [0.25, 0.3) is 0 Å². The van der Waals surface area contributed by atoms with Gasteiger partial charge in [-0.05, 0) is 50.2 Å². The predicted octanol–water partition coefficient (Wildman–Crippen LogP) is 3.82. The highest BCUT2D eigenvalue weighted by atomic mass is 16.2. The molecule has 2 aliphatic carbocycles. The van der Waals surface area contributed by atoms with Gasteiger partial charge >= 0.3 is 0 Å². The van der Waals surface area contributed by atoms with Crippen LogP contribution >= 0.6 is 0 Å². The van der Waals surface area contributed by atoms with E-state index >= 15 is 0 Å². The Morgan fingerprint density at radius 1 is 1.24 bits per heavy atom. The molecule has 0 aromatic heterocycles. The molecule has 2 aliphatic rings. The van der Waals surface area contributed by atoms with Crippen molar-refractivity contribution in [1.82, 2.24) is 0 Å². The van der Waals surface area contributed by atoms with Crippen molar-refractivity contribution in [3.8, 4) is 0 Å². The van der Waals surface area contributed by atoms with E-state index in [-0.39, 0.29) is 17.6 Å². The summed E-state index contributed by atoms with van der Waals surface area (Å²) >= 11 is 0. The number of rotatable bonds is 3. The van der Waals surface area contributed by atoms with Crippen molar-refractivity contribution in [3.05, 3.63) is 42.0 Å². The molecule has 0 saturated heterocycles. The Bertz CT molecular complexity index is 591. The van der Waals surface area contributed by atoms with Crippen LogP contribution in [0.5, 0.6) is 0 Å². The Labute approximate surface area is 125 Å². The minimum atomic E-state index is 0.0158. The Morgan fingerprint density at radius 2 is 2.10 bits per heavy atom. The molecule has 1 N–H and O–H groups in total. The van der Waals surface area contributed by atoms with E-state index in [2.05, 4.69) is 17.5 Å². The molecule has 0 aliphatic heterocycles. The third-order valence-electron chi connectivity index (χ3n) is 4.59. The maximum absolute atomic E-state index is 12.4. The fourth-order valence-corrected chi connectivity index (χ4v) is 3.34. The molecule has 0 radical (unpaired) electrons. The molecule has 1 fully saturated rings. The van der Waals surface area contributed by atoms with Crippen molar-refractivity contribution in [2.24, 2.45) is 17.8 Å². The van der Waals surface area contributed by atoms with Crippen LogP contribution in [0.4, 0.5) is 5.69 Å². The summed E-state index contributed by atoms with van der Waals surface area (Å²) in [5.74, 6) is 1.15. The maximum atomic E-state index is 12.4. The van der Waals surface area contributed by atoms with Crippen molar-refractivity contribution in [2.75, 3.05) is 5.32 Å². The van der Waals surface area contributed by atoms with Crippen LogP contribution in [-0.2, 0) is 4.79 Å². The van der Waals surface area contributed by atoms with Gasteiger partial charge in [0.25, 0.3) is 0 Å². The zero-order valence-corrected chi connectivity index (χ0v) is 12.3. The van der Waals surface area contributed by atoms with E-state index in [0.29, 0.717) is 17.4 Å². The highest BCUT2D eigenvalue weighted by Crippen LogP contribution is 2.51. The summed E-state index contributed by atoms with van der Waals surface area (Å²) in [5, 5.41) is 2.97. The van der Waals surface area contributed by atoms with Gasteiger partial charge in [0.1, 0.15) is 0 Å². The summed E-state index contributed by atoms with van der Waals surface area (Å²) in [6, 6.07) is 7.17. The van der Waals surface area contributed by atoms with Gasteiger partial charge in [-0.3, -0.25) is 9.59 Å². The Morgan fingerprint density at radius 3 is 2.90 bits per heavy atom. The van der Waals surface area contributed by atoms with Gasteiger partial charge in [0.15, 0.2) is 5.78 Å². The van der Waals surface area contributed by atoms with Crippen LogP contribution in [0.15, 0.2) is 36.4 Å². The zero-order chi connectivity index (χ0) is 14.8. The molecular weight excluding hydrogens is 262 g/mol. The average molecular weight is 283 g/mol. The lowest BCUT2D eigenvalue weighted by atomic mass is 10.1. The van der Waals surface area contributed by atoms with Crippen LogP contribution in [0.2, 0.25) is 0 Å². The SMILES string of the molecule is CC(=O)c1cccc(NC(=O)[C@@H]2[C@H]3C=CCCCC[C@@H]32)c1. The number of allylic oxidation sites excluding steroid dienone is 2. The van der Waals surface area contributed by atoms with Crippen LogP contribution < -0.4 is 5.32 Å². The molecule has 1 aromatic rings. The smallest absolute Gasteiger partial charge is 0.228 e. The number of ketones is 1. The van der Waals surface area contributed by atoms with Gasteiger partial charge in [0.2, 0.25) is 5.91 Å². The standard InChI is InChI=1S/C18H21NO2/c1-12(20)13-7-6-8-14(11-13)19-18(21)17-15-9-4-2-3-5-10-16(15)17/h4,6-9,11,15-17H,2-3,5,10H2,1H3,(H,19,21)/t15-,16-,17+/m0/s1. The number of Topliss-reactive ketones (excluding diaryl/α,β-unsaturated/α-hetero) is 1. The summed E-state index contributed by atoms with van der Waals surface area (Å²) in [4.78, 5) is 23.8. The molecular formula is C18H21NO2. The molecule has 3 rings (SSSR count). The highest BCUT2D eigenvalue weighted by Gasteiger charge is 2.52. The van der Waals surface area contributed by atoms with Gasteiger partial charge in [-0.2, -0.15) is 0 Å². The Balaban J connectivity index is 1.67. The first-order chi connectivity index (χ1) is 10.2. The lowest BCUT2D eigenvalue weighted by Gasteiger charge is -2.06. The van der Waals surface area contributed by atoms with E-state index in [0.717, 1.165) is 18.5 Å². The molecule has 3 nitrogen and oxygen atoms in total. The van der Waals surface area contributed by atoms with Crippen LogP contribution in [0.3, 0.4) is 0 Å². The third kappa shape index (κ3) is 3.07. The van der Waals surface area contributed by atoms with E-state index in [4.69, 9.17) is 0 Å². The van der Waals surface area contributed by atoms with Gasteiger partial charge in [-0.1, -0.05) is 30.7 Å². The van der Waals surface area contributed by atoms with Crippen LogP contribution in [-0.4, -0.2) is 11.7 Å². The molecule has 21 heavy (non-hydrogen) atoms. The zero-order valence-electron chi connectivity index (χ0n) is 12.3. The van der Waals surface area contributed by atoms with Gasteiger partial charge < -0.3 is 5.32 Å². The second-order valence-corrected chi connectivity index (χ2v) is 6.11. The summed E-state index contributed by atoms with van der Waals surface area (Å²) in [6.45, 7) is 1.54. The van der Waals surface area contributed by atoms with Gasteiger partial charge in [-0.15, -0.1) is 0 Å². The van der Waals surface area contributed by atoms with Crippen LogP contribution in [0, 0.1) is 17.8 Å². The van der Waals surface area contributed by atoms with E-state index in [1.54, 1.807) is 12.1 Å². The topological polar surface area (TPSA) is 46.2 Å². The molecule has 0 bridgehead atoms. The number of carbonyl (C=O) groups is 2. The van der Waals surface area contributed by atoms with E-state index < -0.39 is 0 Å². The van der Waals surface area contributed by atoms with Crippen molar-refractivity contribution in [3.63, 3.8) is 0 Å². The second-order valence-electron chi connectivity index (χ2n) is 6.11. The van der Waals surface area contributed by atoms with E-state index in [1.807, 2.05) is 12.1 Å². The first-order valence-electron chi connectivity index (χ1n) is 7.75. The van der Waals surface area contributed by atoms with Crippen molar-refractivity contribution in [1.29, 1.82) is 0 Å². The first kappa shape index (κ1) is 14.1. The van der Waals surface area contributed by atoms with Crippen molar-refractivity contribution in [2.45, 2.75) is 32.6 Å². The van der Waals surface area contributed by atoms with Gasteiger partial charge in [0, 0.05) is 17.2 Å². The lowest BCUT2D eigenvalue weighted by molar-refractivity contribution is -0.117. The van der Waals surface area contributed by atoms with E-state index in [9.17, 15) is 9.59 Å². The molecule has 0 heterocycles.